The van der Waals surface area contributed by atoms with Gasteiger partial charge in [0.2, 0.25) is 5.91 Å². The molecule has 0 spiro atoms. The Balaban J connectivity index is 1.74. The summed E-state index contributed by atoms with van der Waals surface area (Å²) in [6.07, 6.45) is 1.92. The van der Waals surface area contributed by atoms with Gasteiger partial charge in [0.1, 0.15) is 11.9 Å². The third kappa shape index (κ3) is 4.32. The van der Waals surface area contributed by atoms with Gasteiger partial charge >= 0.3 is 0 Å². The van der Waals surface area contributed by atoms with E-state index in [4.69, 9.17) is 4.74 Å². The average Bonchev–Trinajstić information content (AvgIpc) is 2.58. The highest BCUT2D eigenvalue weighted by Crippen LogP contribution is 2.24. The van der Waals surface area contributed by atoms with Gasteiger partial charge in [0.05, 0.1) is 13.2 Å². The molecule has 1 amide bonds. The summed E-state index contributed by atoms with van der Waals surface area (Å²) in [5.41, 5.74) is 0.710. The Morgan fingerprint density at radius 1 is 1.25 bits per heavy atom. The quantitative estimate of drug-likeness (QED) is 0.904. The molecule has 1 N–H and O–H groups in total. The number of amides is 1. The first-order valence-electron chi connectivity index (χ1n) is 8.69. The predicted molar refractivity (Wildman–Crippen MR) is 90.2 cm³/mol. The van der Waals surface area contributed by atoms with Crippen LogP contribution < -0.4 is 5.32 Å². The van der Waals surface area contributed by atoms with E-state index in [9.17, 15) is 9.18 Å². The number of rotatable bonds is 4. The van der Waals surface area contributed by atoms with Gasteiger partial charge in [-0.15, -0.1) is 0 Å². The van der Waals surface area contributed by atoms with E-state index >= 15 is 0 Å². The highest BCUT2D eigenvalue weighted by Gasteiger charge is 2.31. The number of halogens is 1. The van der Waals surface area contributed by atoms with Crippen molar-refractivity contribution in [2.75, 3.05) is 46.4 Å². The zero-order chi connectivity index (χ0) is 16.9. The molecule has 0 bridgehead atoms. The van der Waals surface area contributed by atoms with Crippen molar-refractivity contribution in [1.29, 1.82) is 0 Å². The van der Waals surface area contributed by atoms with Crippen LogP contribution in [0.1, 0.15) is 24.4 Å². The van der Waals surface area contributed by atoms with E-state index in [0.717, 1.165) is 25.9 Å². The largest absolute Gasteiger partial charge is 0.379 e. The van der Waals surface area contributed by atoms with Crippen molar-refractivity contribution in [3.05, 3.63) is 35.6 Å². The number of carbonyl (C=O) groups excluding carboxylic acids is 1. The third-order valence-corrected chi connectivity index (χ3v) is 4.89. The topological polar surface area (TPSA) is 44.8 Å². The van der Waals surface area contributed by atoms with Crippen molar-refractivity contribution in [2.24, 2.45) is 0 Å². The number of morpholine rings is 1. The van der Waals surface area contributed by atoms with Crippen LogP contribution >= 0.6 is 0 Å². The number of hydrogen-bond acceptors (Lipinski definition) is 4. The van der Waals surface area contributed by atoms with Crippen LogP contribution in [0, 0.1) is 5.82 Å². The van der Waals surface area contributed by atoms with Crippen LogP contribution in [0.5, 0.6) is 0 Å². The van der Waals surface area contributed by atoms with Gasteiger partial charge < -0.3 is 15.0 Å². The summed E-state index contributed by atoms with van der Waals surface area (Å²) in [5.74, 6) is -0.338. The molecule has 1 aromatic rings. The summed E-state index contributed by atoms with van der Waals surface area (Å²) in [6.45, 7) is 4.56. The number of carbonyl (C=O) groups is 1. The first kappa shape index (κ1) is 17.3. The summed E-state index contributed by atoms with van der Waals surface area (Å²) < 4.78 is 19.1. The number of likely N-dealkylation sites (tertiary alicyclic amines) is 1. The molecule has 132 valence electrons. The van der Waals surface area contributed by atoms with E-state index < -0.39 is 6.04 Å². The third-order valence-electron chi connectivity index (χ3n) is 4.89. The van der Waals surface area contributed by atoms with Crippen LogP contribution in [-0.2, 0) is 9.53 Å². The van der Waals surface area contributed by atoms with Crippen molar-refractivity contribution in [3.8, 4) is 0 Å². The Labute approximate surface area is 142 Å². The molecule has 1 aromatic carbocycles. The lowest BCUT2D eigenvalue weighted by Crippen LogP contribution is -2.50. The first-order chi connectivity index (χ1) is 11.6. The van der Waals surface area contributed by atoms with Crippen molar-refractivity contribution in [3.63, 3.8) is 0 Å². The molecule has 24 heavy (non-hydrogen) atoms. The lowest BCUT2D eigenvalue weighted by atomic mass is 10.0. The van der Waals surface area contributed by atoms with Crippen LogP contribution in [0.4, 0.5) is 4.39 Å². The maximum atomic E-state index is 13.7. The minimum atomic E-state index is -0.454. The van der Waals surface area contributed by atoms with E-state index in [0.29, 0.717) is 31.9 Å². The molecule has 2 saturated heterocycles. The molecule has 2 aliphatic rings. The van der Waals surface area contributed by atoms with Crippen LogP contribution in [-0.4, -0.2) is 68.2 Å². The fraction of sp³-hybridized carbons (Fsp3) is 0.611. The Morgan fingerprint density at radius 3 is 2.62 bits per heavy atom. The normalized spacial score (nSPS) is 22.2. The molecule has 0 saturated carbocycles. The minimum Gasteiger partial charge on any atom is -0.379 e. The second-order valence-corrected chi connectivity index (χ2v) is 6.69. The molecule has 2 aliphatic heterocycles. The Bertz CT molecular complexity index is 555. The van der Waals surface area contributed by atoms with E-state index in [-0.39, 0.29) is 17.8 Å². The smallest absolute Gasteiger partial charge is 0.242 e. The molecule has 0 aliphatic carbocycles. The Kier molecular flexibility index (Phi) is 5.81. The molecular formula is C18H26FN3O2. The molecule has 0 aromatic heterocycles. The van der Waals surface area contributed by atoms with E-state index in [2.05, 4.69) is 22.2 Å². The molecule has 2 fully saturated rings. The zero-order valence-electron chi connectivity index (χ0n) is 14.2. The van der Waals surface area contributed by atoms with Gasteiger partial charge in [-0.25, -0.2) is 4.39 Å². The van der Waals surface area contributed by atoms with Gasteiger partial charge in [0, 0.05) is 19.1 Å². The SMILES string of the molecule is CN1CCC(NC(=O)[C@@H](c2cccc(F)c2)N2CCOCC2)CC1. The molecule has 2 heterocycles. The van der Waals surface area contributed by atoms with Gasteiger partial charge in [0.15, 0.2) is 0 Å². The molecular weight excluding hydrogens is 309 g/mol. The lowest BCUT2D eigenvalue weighted by molar-refractivity contribution is -0.129. The Hall–Kier alpha value is -1.50. The molecule has 5 nitrogen and oxygen atoms in total. The number of ether oxygens (including phenoxy) is 1. The highest BCUT2D eigenvalue weighted by molar-refractivity contribution is 5.83. The van der Waals surface area contributed by atoms with Crippen LogP contribution in [0.15, 0.2) is 24.3 Å². The molecule has 1 atom stereocenters. The number of nitrogens with zero attached hydrogens (tertiary/aromatic N) is 2. The molecule has 0 unspecified atom stereocenters. The minimum absolute atomic E-state index is 0.0305. The fourth-order valence-electron chi connectivity index (χ4n) is 3.47. The maximum Gasteiger partial charge on any atom is 0.242 e. The van der Waals surface area contributed by atoms with Gasteiger partial charge in [-0.1, -0.05) is 12.1 Å². The maximum absolute atomic E-state index is 13.7. The van der Waals surface area contributed by atoms with E-state index in [1.54, 1.807) is 6.07 Å². The fourth-order valence-corrected chi connectivity index (χ4v) is 3.47. The Morgan fingerprint density at radius 2 is 1.96 bits per heavy atom. The molecule has 3 rings (SSSR count). The van der Waals surface area contributed by atoms with E-state index in [1.165, 1.54) is 12.1 Å². The number of nitrogens with one attached hydrogen (secondary N) is 1. The number of benzene rings is 1. The monoisotopic (exact) mass is 335 g/mol. The standard InChI is InChI=1S/C18H26FN3O2/c1-21-7-5-16(6-8-21)20-18(23)17(22-9-11-24-12-10-22)14-3-2-4-15(19)13-14/h2-4,13,16-17H,5-12H2,1H3,(H,20,23)/t17-/m1/s1. The van der Waals surface area contributed by atoms with E-state index in [1.807, 2.05) is 6.07 Å². The van der Waals surface area contributed by atoms with Crippen LogP contribution in [0.2, 0.25) is 0 Å². The average molecular weight is 335 g/mol. The molecule has 6 heteroatoms. The van der Waals surface area contributed by atoms with Crippen LogP contribution in [0.25, 0.3) is 0 Å². The second-order valence-electron chi connectivity index (χ2n) is 6.69. The highest BCUT2D eigenvalue weighted by atomic mass is 19.1. The first-order valence-corrected chi connectivity index (χ1v) is 8.69. The predicted octanol–water partition coefficient (Wildman–Crippen LogP) is 1.41. The van der Waals surface area contributed by atoms with Crippen molar-refractivity contribution >= 4 is 5.91 Å². The summed E-state index contributed by atoms with van der Waals surface area (Å²) in [4.78, 5) is 17.3. The zero-order valence-corrected chi connectivity index (χ0v) is 14.2. The van der Waals surface area contributed by atoms with Gasteiger partial charge in [-0.3, -0.25) is 9.69 Å². The van der Waals surface area contributed by atoms with Crippen LogP contribution in [0.3, 0.4) is 0 Å². The van der Waals surface area contributed by atoms with Crippen molar-refractivity contribution < 1.29 is 13.9 Å². The number of piperidine rings is 1. The van der Waals surface area contributed by atoms with Gasteiger partial charge in [0.25, 0.3) is 0 Å². The van der Waals surface area contributed by atoms with Crippen molar-refractivity contribution in [2.45, 2.75) is 24.9 Å². The number of hydrogen-bond donors (Lipinski definition) is 1. The summed E-state index contributed by atoms with van der Waals surface area (Å²) in [5, 5.41) is 3.18. The summed E-state index contributed by atoms with van der Waals surface area (Å²) in [7, 11) is 2.10. The van der Waals surface area contributed by atoms with Gasteiger partial charge in [-0.2, -0.15) is 0 Å². The second kappa shape index (κ2) is 8.05. The lowest BCUT2D eigenvalue weighted by Gasteiger charge is -2.36. The summed E-state index contributed by atoms with van der Waals surface area (Å²) >= 11 is 0. The molecule has 0 radical (unpaired) electrons. The van der Waals surface area contributed by atoms with Crippen molar-refractivity contribution in [1.82, 2.24) is 15.1 Å². The van der Waals surface area contributed by atoms with Gasteiger partial charge in [-0.05, 0) is 50.7 Å². The summed E-state index contributed by atoms with van der Waals surface area (Å²) in [6, 6.07) is 6.12.